The number of carbonyl (C=O) groups excluding carboxylic acids is 2. The van der Waals surface area contributed by atoms with Crippen LogP contribution in [0.4, 0.5) is 0 Å². The molecule has 2 heterocycles. The third-order valence-corrected chi connectivity index (χ3v) is 5.04. The number of ketones is 1. The molecule has 0 fully saturated rings. The van der Waals surface area contributed by atoms with Crippen LogP contribution in [0.1, 0.15) is 43.4 Å². The van der Waals surface area contributed by atoms with Crippen LogP contribution in [0.2, 0.25) is 0 Å². The molecule has 1 unspecified atom stereocenters. The molecule has 2 N–H and O–H groups in total. The lowest BCUT2D eigenvalue weighted by Gasteiger charge is -2.27. The van der Waals surface area contributed by atoms with E-state index in [-0.39, 0.29) is 17.7 Å². The minimum atomic E-state index is -0.123. The van der Waals surface area contributed by atoms with Gasteiger partial charge in [-0.3, -0.25) is 9.59 Å². The average Bonchev–Trinajstić information content (AvgIpc) is 3.03. The molecular formula is C17H18N2O2S. The largest absolute Gasteiger partial charge is 0.349 e. The summed E-state index contributed by atoms with van der Waals surface area (Å²) in [4.78, 5) is 24.7. The zero-order chi connectivity index (χ0) is 15.5. The molecule has 5 heteroatoms. The van der Waals surface area contributed by atoms with Gasteiger partial charge in [-0.1, -0.05) is 24.3 Å². The SMILES string of the molecule is CC(=O)c1ccc(C(=O)NCC2NCCc3ccccc32)s1. The van der Waals surface area contributed by atoms with Gasteiger partial charge in [0.05, 0.1) is 9.75 Å². The van der Waals surface area contributed by atoms with Crippen LogP contribution in [0.15, 0.2) is 36.4 Å². The van der Waals surface area contributed by atoms with Crippen molar-refractivity contribution in [1.82, 2.24) is 10.6 Å². The summed E-state index contributed by atoms with van der Waals surface area (Å²) in [5, 5.41) is 6.40. The number of thiophene rings is 1. The topological polar surface area (TPSA) is 58.2 Å². The molecule has 0 aliphatic carbocycles. The van der Waals surface area contributed by atoms with Gasteiger partial charge in [-0.15, -0.1) is 11.3 Å². The summed E-state index contributed by atoms with van der Waals surface area (Å²) in [6.45, 7) is 2.98. The van der Waals surface area contributed by atoms with E-state index in [2.05, 4.69) is 28.8 Å². The monoisotopic (exact) mass is 314 g/mol. The number of amides is 1. The van der Waals surface area contributed by atoms with Crippen molar-refractivity contribution >= 4 is 23.0 Å². The van der Waals surface area contributed by atoms with Gasteiger partial charge < -0.3 is 10.6 Å². The molecule has 0 bridgehead atoms. The van der Waals surface area contributed by atoms with Gasteiger partial charge >= 0.3 is 0 Å². The lowest BCUT2D eigenvalue weighted by atomic mass is 9.94. The Labute approximate surface area is 133 Å². The first kappa shape index (κ1) is 14.9. The Morgan fingerprint density at radius 1 is 1.23 bits per heavy atom. The van der Waals surface area contributed by atoms with E-state index in [0.717, 1.165) is 13.0 Å². The van der Waals surface area contributed by atoms with Crippen LogP contribution in [-0.2, 0) is 6.42 Å². The van der Waals surface area contributed by atoms with Crippen molar-refractivity contribution in [1.29, 1.82) is 0 Å². The Morgan fingerprint density at radius 2 is 2.00 bits per heavy atom. The third kappa shape index (κ3) is 3.10. The molecule has 0 spiro atoms. The summed E-state index contributed by atoms with van der Waals surface area (Å²) in [7, 11) is 0. The predicted octanol–water partition coefficient (Wildman–Crippen LogP) is 2.57. The summed E-state index contributed by atoms with van der Waals surface area (Å²) in [6.07, 6.45) is 1.02. The first-order valence-corrected chi connectivity index (χ1v) is 8.17. The lowest BCUT2D eigenvalue weighted by Crippen LogP contribution is -2.38. The lowest BCUT2D eigenvalue weighted by molar-refractivity contribution is 0.0952. The second kappa shape index (κ2) is 6.42. The average molecular weight is 314 g/mol. The Kier molecular flexibility index (Phi) is 4.36. The van der Waals surface area contributed by atoms with Gasteiger partial charge in [0.1, 0.15) is 0 Å². The molecule has 1 aliphatic rings. The van der Waals surface area contributed by atoms with Gasteiger partial charge in [0, 0.05) is 12.6 Å². The van der Waals surface area contributed by atoms with Crippen LogP contribution in [0.3, 0.4) is 0 Å². The zero-order valence-corrected chi connectivity index (χ0v) is 13.2. The van der Waals surface area contributed by atoms with E-state index < -0.39 is 0 Å². The number of nitrogens with one attached hydrogen (secondary N) is 2. The highest BCUT2D eigenvalue weighted by atomic mass is 32.1. The number of hydrogen-bond acceptors (Lipinski definition) is 4. The van der Waals surface area contributed by atoms with Gasteiger partial charge in [-0.2, -0.15) is 0 Å². The van der Waals surface area contributed by atoms with Gasteiger partial charge in [0.15, 0.2) is 5.78 Å². The molecule has 1 aromatic carbocycles. The molecule has 1 atom stereocenters. The molecule has 2 aromatic rings. The maximum absolute atomic E-state index is 12.2. The van der Waals surface area contributed by atoms with Crippen molar-refractivity contribution in [3.05, 3.63) is 57.3 Å². The maximum Gasteiger partial charge on any atom is 0.261 e. The van der Waals surface area contributed by atoms with Gasteiger partial charge in [-0.05, 0) is 43.1 Å². The van der Waals surface area contributed by atoms with E-state index in [1.807, 2.05) is 6.07 Å². The fraction of sp³-hybridized carbons (Fsp3) is 0.294. The highest BCUT2D eigenvalue weighted by Gasteiger charge is 2.20. The third-order valence-electron chi connectivity index (χ3n) is 3.86. The number of fused-ring (bicyclic) bond motifs is 1. The Bertz CT molecular complexity index is 708. The molecule has 114 valence electrons. The standard InChI is InChI=1S/C17H18N2O2S/c1-11(20)15-6-7-16(22-15)17(21)19-10-14-13-5-3-2-4-12(13)8-9-18-14/h2-7,14,18H,8-10H2,1H3,(H,19,21). The molecule has 0 saturated carbocycles. The van der Waals surface area contributed by atoms with Crippen LogP contribution in [-0.4, -0.2) is 24.8 Å². The Balaban J connectivity index is 1.65. The molecule has 1 aromatic heterocycles. The minimum Gasteiger partial charge on any atom is -0.349 e. The van der Waals surface area contributed by atoms with Crippen LogP contribution in [0, 0.1) is 0 Å². The van der Waals surface area contributed by atoms with Crippen molar-refractivity contribution in [3.63, 3.8) is 0 Å². The smallest absolute Gasteiger partial charge is 0.261 e. The van der Waals surface area contributed by atoms with Crippen molar-refractivity contribution < 1.29 is 9.59 Å². The molecule has 4 nitrogen and oxygen atoms in total. The molecule has 1 amide bonds. The van der Waals surface area contributed by atoms with Crippen LogP contribution < -0.4 is 10.6 Å². The zero-order valence-electron chi connectivity index (χ0n) is 12.4. The first-order valence-electron chi connectivity index (χ1n) is 7.35. The highest BCUT2D eigenvalue weighted by molar-refractivity contribution is 7.15. The second-order valence-electron chi connectivity index (χ2n) is 5.39. The summed E-state index contributed by atoms with van der Waals surface area (Å²) in [5.74, 6) is -0.130. The number of carbonyl (C=O) groups is 2. The summed E-state index contributed by atoms with van der Waals surface area (Å²) in [6, 6.07) is 11.9. The van der Waals surface area contributed by atoms with E-state index in [1.54, 1.807) is 12.1 Å². The van der Waals surface area contributed by atoms with E-state index in [1.165, 1.54) is 29.4 Å². The van der Waals surface area contributed by atoms with E-state index >= 15 is 0 Å². The Hall–Kier alpha value is -1.98. The van der Waals surface area contributed by atoms with Crippen molar-refractivity contribution in [3.8, 4) is 0 Å². The summed E-state index contributed by atoms with van der Waals surface area (Å²) >= 11 is 1.24. The second-order valence-corrected chi connectivity index (χ2v) is 6.47. The Morgan fingerprint density at radius 3 is 2.77 bits per heavy atom. The number of hydrogen-bond donors (Lipinski definition) is 2. The highest BCUT2D eigenvalue weighted by Crippen LogP contribution is 2.22. The normalized spacial score (nSPS) is 16.9. The molecule has 22 heavy (non-hydrogen) atoms. The fourth-order valence-corrected chi connectivity index (χ4v) is 3.52. The van der Waals surface area contributed by atoms with Crippen LogP contribution >= 0.6 is 11.3 Å². The van der Waals surface area contributed by atoms with Gasteiger partial charge in [-0.25, -0.2) is 0 Å². The molecular weight excluding hydrogens is 296 g/mol. The van der Waals surface area contributed by atoms with Gasteiger partial charge in [0.25, 0.3) is 5.91 Å². The van der Waals surface area contributed by atoms with Crippen molar-refractivity contribution in [2.24, 2.45) is 0 Å². The summed E-state index contributed by atoms with van der Waals surface area (Å²) in [5.41, 5.74) is 2.60. The van der Waals surface area contributed by atoms with E-state index in [0.29, 0.717) is 16.3 Å². The van der Waals surface area contributed by atoms with Crippen LogP contribution in [0.5, 0.6) is 0 Å². The minimum absolute atomic E-state index is 0.00748. The number of benzene rings is 1. The molecule has 0 radical (unpaired) electrons. The number of rotatable bonds is 4. The van der Waals surface area contributed by atoms with Gasteiger partial charge in [0.2, 0.25) is 0 Å². The van der Waals surface area contributed by atoms with Crippen LogP contribution in [0.25, 0.3) is 0 Å². The van der Waals surface area contributed by atoms with E-state index in [4.69, 9.17) is 0 Å². The molecule has 1 aliphatic heterocycles. The first-order chi connectivity index (χ1) is 10.6. The maximum atomic E-state index is 12.2. The van der Waals surface area contributed by atoms with E-state index in [9.17, 15) is 9.59 Å². The fourth-order valence-electron chi connectivity index (χ4n) is 2.71. The predicted molar refractivity (Wildman–Crippen MR) is 87.5 cm³/mol. The quantitative estimate of drug-likeness (QED) is 0.853. The molecule has 0 saturated heterocycles. The van der Waals surface area contributed by atoms with Crippen molar-refractivity contribution in [2.75, 3.05) is 13.1 Å². The van der Waals surface area contributed by atoms with Crippen molar-refractivity contribution in [2.45, 2.75) is 19.4 Å². The molecule has 3 rings (SSSR count). The number of Topliss-reactive ketones (excluding diaryl/α,β-unsaturated/α-hetero) is 1. The summed E-state index contributed by atoms with van der Waals surface area (Å²) < 4.78 is 0.